The van der Waals surface area contributed by atoms with E-state index in [0.29, 0.717) is 0 Å². The summed E-state index contributed by atoms with van der Waals surface area (Å²) in [6, 6.07) is 9.68. The first-order chi connectivity index (χ1) is 8.81. The maximum atomic E-state index is 3.62. The van der Waals surface area contributed by atoms with Crippen molar-refractivity contribution in [2.45, 2.75) is 44.8 Å². The molecule has 2 aliphatic rings. The lowest BCUT2D eigenvalue weighted by Crippen LogP contribution is -2.22. The van der Waals surface area contributed by atoms with E-state index in [1.165, 1.54) is 43.4 Å². The molecule has 3 rings (SSSR count). The quantitative estimate of drug-likeness (QED) is 0.793. The highest BCUT2D eigenvalue weighted by Gasteiger charge is 2.23. The molecule has 1 N–H and O–H groups in total. The normalized spacial score (nSPS) is 19.4. The van der Waals surface area contributed by atoms with E-state index in [2.05, 4.69) is 41.5 Å². The number of hydrogen-bond acceptors (Lipinski definition) is 2. The zero-order valence-electron chi connectivity index (χ0n) is 11.4. The van der Waals surface area contributed by atoms with Crippen LogP contribution in [0, 0.1) is 5.92 Å². The van der Waals surface area contributed by atoms with Gasteiger partial charge in [-0.2, -0.15) is 0 Å². The van der Waals surface area contributed by atoms with Crippen LogP contribution in [-0.2, 0) is 13.1 Å². The third-order valence-electron chi connectivity index (χ3n) is 3.98. The molecule has 0 aliphatic heterocycles. The SMILES string of the molecule is CN(Cc1ccccc1CNC1CC1)CC1CC1. The molecule has 0 atom stereocenters. The summed E-state index contributed by atoms with van der Waals surface area (Å²) in [4.78, 5) is 2.48. The third kappa shape index (κ3) is 3.56. The molecule has 0 radical (unpaired) electrons. The molecule has 0 amide bonds. The summed E-state index contributed by atoms with van der Waals surface area (Å²) in [7, 11) is 2.25. The Hall–Kier alpha value is -0.860. The second-order valence-corrected chi connectivity index (χ2v) is 6.06. The predicted molar refractivity (Wildman–Crippen MR) is 75.4 cm³/mol. The Morgan fingerprint density at radius 3 is 2.50 bits per heavy atom. The highest BCUT2D eigenvalue weighted by atomic mass is 15.1. The fraction of sp³-hybridized carbons (Fsp3) is 0.625. The second kappa shape index (κ2) is 5.41. The van der Waals surface area contributed by atoms with Crippen molar-refractivity contribution >= 4 is 0 Å². The van der Waals surface area contributed by atoms with Crippen molar-refractivity contribution in [3.8, 4) is 0 Å². The van der Waals surface area contributed by atoms with Crippen molar-refractivity contribution in [2.75, 3.05) is 13.6 Å². The summed E-state index contributed by atoms with van der Waals surface area (Å²) in [6.07, 6.45) is 5.61. The summed E-state index contributed by atoms with van der Waals surface area (Å²) in [6.45, 7) is 3.40. The first-order valence-electron chi connectivity index (χ1n) is 7.30. The molecule has 0 spiro atoms. The minimum atomic E-state index is 0.794. The molecule has 18 heavy (non-hydrogen) atoms. The molecule has 0 aromatic heterocycles. The summed E-state index contributed by atoms with van der Waals surface area (Å²) < 4.78 is 0. The third-order valence-corrected chi connectivity index (χ3v) is 3.98. The molecule has 1 aromatic carbocycles. The molecule has 2 nitrogen and oxygen atoms in total. The first kappa shape index (κ1) is 12.2. The van der Waals surface area contributed by atoms with Crippen LogP contribution in [0.25, 0.3) is 0 Å². The maximum absolute atomic E-state index is 3.62. The van der Waals surface area contributed by atoms with E-state index in [1.807, 2.05) is 0 Å². The largest absolute Gasteiger partial charge is 0.310 e. The molecule has 0 unspecified atom stereocenters. The minimum Gasteiger partial charge on any atom is -0.310 e. The number of nitrogens with zero attached hydrogens (tertiary/aromatic N) is 1. The number of benzene rings is 1. The van der Waals surface area contributed by atoms with Gasteiger partial charge in [-0.15, -0.1) is 0 Å². The van der Waals surface area contributed by atoms with Crippen LogP contribution in [0.15, 0.2) is 24.3 Å². The Morgan fingerprint density at radius 2 is 1.83 bits per heavy atom. The average molecular weight is 244 g/mol. The van der Waals surface area contributed by atoms with Gasteiger partial charge < -0.3 is 10.2 Å². The summed E-state index contributed by atoms with van der Waals surface area (Å²) >= 11 is 0. The lowest BCUT2D eigenvalue weighted by molar-refractivity contribution is 0.312. The van der Waals surface area contributed by atoms with Crippen LogP contribution in [-0.4, -0.2) is 24.5 Å². The van der Waals surface area contributed by atoms with Crippen molar-refractivity contribution in [1.29, 1.82) is 0 Å². The molecule has 0 saturated heterocycles. The number of rotatable bonds is 7. The van der Waals surface area contributed by atoms with Gasteiger partial charge in [-0.05, 0) is 49.8 Å². The molecule has 0 heterocycles. The molecule has 2 heteroatoms. The molecule has 1 aromatic rings. The topological polar surface area (TPSA) is 15.3 Å². The molecular weight excluding hydrogens is 220 g/mol. The van der Waals surface area contributed by atoms with Gasteiger partial charge in [0.15, 0.2) is 0 Å². The molecule has 98 valence electrons. The Bertz CT molecular complexity index is 394. The van der Waals surface area contributed by atoms with Gasteiger partial charge >= 0.3 is 0 Å². The van der Waals surface area contributed by atoms with Crippen molar-refractivity contribution in [1.82, 2.24) is 10.2 Å². The Kier molecular flexibility index (Phi) is 3.67. The standard InChI is InChI=1S/C16H24N2/c1-18(11-13-6-7-13)12-15-5-3-2-4-14(15)10-17-16-8-9-16/h2-5,13,16-17H,6-12H2,1H3. The maximum Gasteiger partial charge on any atom is 0.0234 e. The first-order valence-corrected chi connectivity index (χ1v) is 7.30. The Morgan fingerprint density at radius 1 is 1.11 bits per heavy atom. The fourth-order valence-electron chi connectivity index (χ4n) is 2.52. The van der Waals surface area contributed by atoms with E-state index in [0.717, 1.165) is 25.0 Å². The van der Waals surface area contributed by atoms with Crippen molar-refractivity contribution in [3.05, 3.63) is 35.4 Å². The van der Waals surface area contributed by atoms with E-state index in [9.17, 15) is 0 Å². The van der Waals surface area contributed by atoms with Crippen LogP contribution < -0.4 is 5.32 Å². The van der Waals surface area contributed by atoms with Gasteiger partial charge in [0.2, 0.25) is 0 Å². The second-order valence-electron chi connectivity index (χ2n) is 6.06. The van der Waals surface area contributed by atoms with Gasteiger partial charge in [0.25, 0.3) is 0 Å². The van der Waals surface area contributed by atoms with Gasteiger partial charge in [-0.1, -0.05) is 24.3 Å². The van der Waals surface area contributed by atoms with E-state index >= 15 is 0 Å². The number of hydrogen-bond donors (Lipinski definition) is 1. The van der Waals surface area contributed by atoms with Crippen LogP contribution in [0.1, 0.15) is 36.8 Å². The Labute approximate surface area is 110 Å². The molecule has 2 saturated carbocycles. The predicted octanol–water partition coefficient (Wildman–Crippen LogP) is 2.78. The van der Waals surface area contributed by atoms with Crippen LogP contribution in [0.3, 0.4) is 0 Å². The highest BCUT2D eigenvalue weighted by molar-refractivity contribution is 5.27. The lowest BCUT2D eigenvalue weighted by Gasteiger charge is -2.18. The van der Waals surface area contributed by atoms with Crippen LogP contribution in [0.2, 0.25) is 0 Å². The van der Waals surface area contributed by atoms with E-state index in [-0.39, 0.29) is 0 Å². The van der Waals surface area contributed by atoms with Crippen LogP contribution >= 0.6 is 0 Å². The van der Waals surface area contributed by atoms with E-state index in [4.69, 9.17) is 0 Å². The summed E-state index contributed by atoms with van der Waals surface area (Å²) in [5.74, 6) is 0.978. The molecule has 0 bridgehead atoms. The lowest BCUT2D eigenvalue weighted by atomic mass is 10.1. The molecule has 2 aliphatic carbocycles. The van der Waals surface area contributed by atoms with Crippen LogP contribution in [0.4, 0.5) is 0 Å². The molecular formula is C16H24N2. The average Bonchev–Trinajstić information content (AvgIpc) is 3.23. The Balaban J connectivity index is 1.57. The fourth-order valence-corrected chi connectivity index (χ4v) is 2.52. The molecule has 2 fully saturated rings. The van der Waals surface area contributed by atoms with Crippen LogP contribution in [0.5, 0.6) is 0 Å². The van der Waals surface area contributed by atoms with Gasteiger partial charge in [0, 0.05) is 25.7 Å². The monoisotopic (exact) mass is 244 g/mol. The van der Waals surface area contributed by atoms with Gasteiger partial charge in [-0.25, -0.2) is 0 Å². The van der Waals surface area contributed by atoms with E-state index < -0.39 is 0 Å². The summed E-state index contributed by atoms with van der Waals surface area (Å²) in [5.41, 5.74) is 2.97. The zero-order valence-corrected chi connectivity index (χ0v) is 11.4. The summed E-state index contributed by atoms with van der Waals surface area (Å²) in [5, 5.41) is 3.62. The minimum absolute atomic E-state index is 0.794. The van der Waals surface area contributed by atoms with Gasteiger partial charge in [-0.3, -0.25) is 0 Å². The van der Waals surface area contributed by atoms with Crippen molar-refractivity contribution in [2.24, 2.45) is 5.92 Å². The smallest absolute Gasteiger partial charge is 0.0234 e. The van der Waals surface area contributed by atoms with Gasteiger partial charge in [0.05, 0.1) is 0 Å². The zero-order chi connectivity index (χ0) is 12.4. The number of nitrogens with one attached hydrogen (secondary N) is 1. The highest BCUT2D eigenvalue weighted by Crippen LogP contribution is 2.29. The van der Waals surface area contributed by atoms with Gasteiger partial charge in [0.1, 0.15) is 0 Å². The van der Waals surface area contributed by atoms with Crippen molar-refractivity contribution < 1.29 is 0 Å². The van der Waals surface area contributed by atoms with E-state index in [1.54, 1.807) is 0 Å². The van der Waals surface area contributed by atoms with Crippen molar-refractivity contribution in [3.63, 3.8) is 0 Å².